The summed E-state index contributed by atoms with van der Waals surface area (Å²) >= 11 is 0. The molecule has 0 aliphatic rings. The fourth-order valence-electron chi connectivity index (χ4n) is 2.65. The van der Waals surface area contributed by atoms with Crippen LogP contribution in [0.3, 0.4) is 0 Å². The van der Waals surface area contributed by atoms with Crippen LogP contribution in [0.4, 0.5) is 0 Å². The zero-order chi connectivity index (χ0) is 18.1. The third kappa shape index (κ3) is 6.07. The predicted octanol–water partition coefficient (Wildman–Crippen LogP) is 3.72. The average molecular weight is 339 g/mol. The van der Waals surface area contributed by atoms with E-state index in [1.54, 1.807) is 7.11 Å². The van der Waals surface area contributed by atoms with Crippen LogP contribution in [0.1, 0.15) is 40.7 Å². The van der Waals surface area contributed by atoms with Gasteiger partial charge in [-0.05, 0) is 43.0 Å². The van der Waals surface area contributed by atoms with Gasteiger partial charge in [0.1, 0.15) is 5.75 Å². The number of carbonyl (C=O) groups is 2. The van der Waals surface area contributed by atoms with E-state index in [1.165, 1.54) is 5.56 Å². The molecule has 2 aromatic carbocycles. The van der Waals surface area contributed by atoms with Gasteiger partial charge < -0.3 is 10.1 Å². The summed E-state index contributed by atoms with van der Waals surface area (Å²) in [6.45, 7) is 2.52. The molecule has 1 amide bonds. The molecule has 0 aliphatic carbocycles. The van der Waals surface area contributed by atoms with Crippen LogP contribution in [0.15, 0.2) is 48.5 Å². The molecule has 132 valence electrons. The number of ketones is 1. The highest BCUT2D eigenvalue weighted by molar-refractivity contribution is 5.99. The Morgan fingerprint density at radius 2 is 1.72 bits per heavy atom. The monoisotopic (exact) mass is 339 g/mol. The standard InChI is InChI=1S/C21H25NO3/c1-16-6-3-4-8-19(16)20(23)13-14-21(24)22-15-5-7-17-9-11-18(25-2)12-10-17/h3-4,6,8-12H,5,7,13-15H2,1-2H3,(H,22,24). The van der Waals surface area contributed by atoms with E-state index in [0.29, 0.717) is 12.1 Å². The van der Waals surface area contributed by atoms with Crippen molar-refractivity contribution in [1.82, 2.24) is 5.32 Å². The van der Waals surface area contributed by atoms with Gasteiger partial charge in [0.25, 0.3) is 0 Å². The number of amides is 1. The molecule has 0 radical (unpaired) electrons. The summed E-state index contributed by atoms with van der Waals surface area (Å²) in [6.07, 6.45) is 2.24. The van der Waals surface area contributed by atoms with Crippen molar-refractivity contribution >= 4 is 11.7 Å². The molecule has 0 saturated carbocycles. The number of nitrogens with one attached hydrogen (secondary N) is 1. The Labute approximate surface area is 149 Å². The van der Waals surface area contributed by atoms with Gasteiger partial charge in [-0.2, -0.15) is 0 Å². The van der Waals surface area contributed by atoms with Crippen molar-refractivity contribution in [3.63, 3.8) is 0 Å². The summed E-state index contributed by atoms with van der Waals surface area (Å²) in [5.41, 5.74) is 2.87. The van der Waals surface area contributed by atoms with Crippen molar-refractivity contribution in [3.05, 3.63) is 65.2 Å². The molecular formula is C21H25NO3. The first-order valence-electron chi connectivity index (χ1n) is 8.58. The second-order valence-corrected chi connectivity index (χ2v) is 6.04. The molecule has 0 heterocycles. The summed E-state index contributed by atoms with van der Waals surface area (Å²) in [5.74, 6) is 0.790. The number of methoxy groups -OCH3 is 1. The zero-order valence-electron chi connectivity index (χ0n) is 14.9. The van der Waals surface area contributed by atoms with Gasteiger partial charge in [-0.25, -0.2) is 0 Å². The summed E-state index contributed by atoms with van der Waals surface area (Å²) in [5, 5.41) is 2.88. The van der Waals surface area contributed by atoms with Gasteiger partial charge >= 0.3 is 0 Å². The molecule has 0 spiro atoms. The quantitative estimate of drug-likeness (QED) is 0.560. The van der Waals surface area contributed by atoms with E-state index in [-0.39, 0.29) is 24.5 Å². The van der Waals surface area contributed by atoms with Gasteiger partial charge in [0, 0.05) is 24.9 Å². The lowest BCUT2D eigenvalue weighted by Crippen LogP contribution is -2.25. The van der Waals surface area contributed by atoms with Gasteiger partial charge in [0.2, 0.25) is 5.91 Å². The van der Waals surface area contributed by atoms with Gasteiger partial charge in [0.15, 0.2) is 5.78 Å². The highest BCUT2D eigenvalue weighted by Gasteiger charge is 2.10. The van der Waals surface area contributed by atoms with E-state index in [0.717, 1.165) is 24.2 Å². The van der Waals surface area contributed by atoms with Crippen LogP contribution in [0, 0.1) is 6.92 Å². The van der Waals surface area contributed by atoms with Crippen molar-refractivity contribution in [2.24, 2.45) is 0 Å². The van der Waals surface area contributed by atoms with Crippen molar-refractivity contribution in [3.8, 4) is 5.75 Å². The largest absolute Gasteiger partial charge is 0.497 e. The SMILES string of the molecule is COc1ccc(CCCNC(=O)CCC(=O)c2ccccc2C)cc1. The Hall–Kier alpha value is -2.62. The summed E-state index contributed by atoms with van der Waals surface area (Å²) in [6, 6.07) is 15.4. The average Bonchev–Trinajstić information content (AvgIpc) is 2.64. The van der Waals surface area contributed by atoms with Gasteiger partial charge in [0.05, 0.1) is 7.11 Å². The molecule has 0 atom stereocenters. The number of hydrogen-bond donors (Lipinski definition) is 1. The van der Waals surface area contributed by atoms with E-state index in [1.807, 2.05) is 55.5 Å². The van der Waals surface area contributed by atoms with Crippen LogP contribution in [0.25, 0.3) is 0 Å². The zero-order valence-corrected chi connectivity index (χ0v) is 14.9. The summed E-state index contributed by atoms with van der Waals surface area (Å²) in [4.78, 5) is 24.0. The van der Waals surface area contributed by atoms with Crippen LogP contribution >= 0.6 is 0 Å². The van der Waals surface area contributed by atoms with Crippen molar-refractivity contribution in [2.75, 3.05) is 13.7 Å². The first-order valence-corrected chi connectivity index (χ1v) is 8.58. The lowest BCUT2D eigenvalue weighted by atomic mass is 10.0. The first-order chi connectivity index (χ1) is 12.1. The maximum absolute atomic E-state index is 12.1. The van der Waals surface area contributed by atoms with E-state index >= 15 is 0 Å². The van der Waals surface area contributed by atoms with Crippen LogP contribution in [-0.2, 0) is 11.2 Å². The lowest BCUT2D eigenvalue weighted by molar-refractivity contribution is -0.121. The fraction of sp³-hybridized carbons (Fsp3) is 0.333. The van der Waals surface area contributed by atoms with Gasteiger partial charge in [-0.3, -0.25) is 9.59 Å². The molecule has 2 aromatic rings. The second kappa shape index (κ2) is 9.62. The number of Topliss-reactive ketones (excluding diaryl/α,β-unsaturated/α-hetero) is 1. The number of hydrogen-bond acceptors (Lipinski definition) is 3. The molecule has 0 aromatic heterocycles. The van der Waals surface area contributed by atoms with Gasteiger partial charge in [-0.1, -0.05) is 36.4 Å². The second-order valence-electron chi connectivity index (χ2n) is 6.04. The van der Waals surface area contributed by atoms with E-state index in [2.05, 4.69) is 5.32 Å². The Kier molecular flexibility index (Phi) is 7.20. The topological polar surface area (TPSA) is 55.4 Å². The molecule has 4 heteroatoms. The molecule has 4 nitrogen and oxygen atoms in total. The minimum Gasteiger partial charge on any atom is -0.497 e. The van der Waals surface area contributed by atoms with Crippen LogP contribution in [-0.4, -0.2) is 25.3 Å². The highest BCUT2D eigenvalue weighted by atomic mass is 16.5. The molecular weight excluding hydrogens is 314 g/mol. The Bertz CT molecular complexity index is 707. The van der Waals surface area contributed by atoms with Crippen LogP contribution < -0.4 is 10.1 Å². The lowest BCUT2D eigenvalue weighted by Gasteiger charge is -2.07. The summed E-state index contributed by atoms with van der Waals surface area (Å²) < 4.78 is 5.13. The Morgan fingerprint density at radius 3 is 2.40 bits per heavy atom. The minimum atomic E-state index is -0.0725. The predicted molar refractivity (Wildman–Crippen MR) is 99.1 cm³/mol. The molecule has 0 bridgehead atoms. The maximum atomic E-state index is 12.1. The Morgan fingerprint density at radius 1 is 1.00 bits per heavy atom. The Balaban J connectivity index is 1.65. The number of aryl methyl sites for hydroxylation is 2. The molecule has 2 rings (SSSR count). The van der Waals surface area contributed by atoms with Crippen molar-refractivity contribution in [2.45, 2.75) is 32.6 Å². The number of rotatable bonds is 9. The molecule has 1 N–H and O–H groups in total. The molecule has 0 unspecified atom stereocenters. The molecule has 0 aliphatic heterocycles. The van der Waals surface area contributed by atoms with Crippen molar-refractivity contribution in [1.29, 1.82) is 0 Å². The summed E-state index contributed by atoms with van der Waals surface area (Å²) in [7, 11) is 1.65. The smallest absolute Gasteiger partial charge is 0.220 e. The normalized spacial score (nSPS) is 10.3. The van der Waals surface area contributed by atoms with E-state index < -0.39 is 0 Å². The third-order valence-corrected chi connectivity index (χ3v) is 4.15. The minimum absolute atomic E-state index is 0.0199. The van der Waals surface area contributed by atoms with E-state index in [4.69, 9.17) is 4.74 Å². The molecule has 0 saturated heterocycles. The fourth-order valence-corrected chi connectivity index (χ4v) is 2.65. The number of carbonyl (C=O) groups excluding carboxylic acids is 2. The number of ether oxygens (including phenoxy) is 1. The van der Waals surface area contributed by atoms with E-state index in [9.17, 15) is 9.59 Å². The maximum Gasteiger partial charge on any atom is 0.220 e. The molecule has 0 fully saturated rings. The highest BCUT2D eigenvalue weighted by Crippen LogP contribution is 2.13. The van der Waals surface area contributed by atoms with Crippen LogP contribution in [0.2, 0.25) is 0 Å². The first kappa shape index (κ1) is 18.7. The van der Waals surface area contributed by atoms with Gasteiger partial charge in [-0.15, -0.1) is 0 Å². The van der Waals surface area contributed by atoms with Crippen LogP contribution in [0.5, 0.6) is 5.75 Å². The third-order valence-electron chi connectivity index (χ3n) is 4.15. The molecule has 25 heavy (non-hydrogen) atoms. The number of benzene rings is 2. The van der Waals surface area contributed by atoms with Crippen molar-refractivity contribution < 1.29 is 14.3 Å².